The Kier molecular flexibility index (Phi) is 2.44. The summed E-state index contributed by atoms with van der Waals surface area (Å²) in [5, 5.41) is 10.5. The lowest BCUT2D eigenvalue weighted by atomic mass is 9.70. The summed E-state index contributed by atoms with van der Waals surface area (Å²) in [6.07, 6.45) is 1.94. The number of rotatable bonds is 1. The normalized spacial score (nSPS) is 34.7. The number of hydrogen-bond acceptors (Lipinski definition) is 2. The summed E-state index contributed by atoms with van der Waals surface area (Å²) in [5.41, 5.74) is 1.04. The van der Waals surface area contributed by atoms with Gasteiger partial charge in [-0.25, -0.2) is 0 Å². The van der Waals surface area contributed by atoms with E-state index in [0.29, 0.717) is 5.57 Å². The van der Waals surface area contributed by atoms with Crippen LogP contribution in [0.1, 0.15) is 39.2 Å². The number of Topliss-reactive ketones (excluding diaryl/α,β-unsaturated/α-hetero) is 1. The fraction of sp³-hybridized carbons (Fsp3) is 0.471. The van der Waals surface area contributed by atoms with E-state index in [1.54, 1.807) is 0 Å². The molecule has 2 saturated carbocycles. The molecule has 0 amide bonds. The first kappa shape index (κ1) is 12.5. The average Bonchev–Trinajstić information content (AvgIpc) is 2.71. The van der Waals surface area contributed by atoms with Gasteiger partial charge in [0.2, 0.25) is 0 Å². The zero-order valence-electron chi connectivity index (χ0n) is 11.7. The van der Waals surface area contributed by atoms with Crippen molar-refractivity contribution in [2.75, 3.05) is 0 Å². The minimum absolute atomic E-state index is 0.0534. The number of ketones is 1. The Balaban J connectivity index is 2.16. The standard InChI is InChI=1S/C17H20O2/c1-16(2)12-9-10-17(16,3)15(19)13(12)14(18)11-7-5-4-6-8-11/h4-8,12,18H,9-10H2,1-3H3/t12-,17-/m1/s1. The molecular formula is C17H20O2. The van der Waals surface area contributed by atoms with Gasteiger partial charge in [0.25, 0.3) is 0 Å². The minimum Gasteiger partial charge on any atom is -0.507 e. The third-order valence-corrected chi connectivity index (χ3v) is 5.62. The molecule has 2 aliphatic rings. The fourth-order valence-corrected chi connectivity index (χ4v) is 3.89. The summed E-state index contributed by atoms with van der Waals surface area (Å²) < 4.78 is 0. The van der Waals surface area contributed by atoms with E-state index in [1.807, 2.05) is 30.3 Å². The highest BCUT2D eigenvalue weighted by atomic mass is 16.3. The third-order valence-electron chi connectivity index (χ3n) is 5.62. The Labute approximate surface area is 114 Å². The van der Waals surface area contributed by atoms with Crippen LogP contribution in [0.5, 0.6) is 0 Å². The maximum absolute atomic E-state index is 12.7. The predicted molar refractivity (Wildman–Crippen MR) is 75.6 cm³/mol. The molecule has 0 aliphatic heterocycles. The second kappa shape index (κ2) is 3.72. The molecule has 0 saturated heterocycles. The van der Waals surface area contributed by atoms with Crippen LogP contribution >= 0.6 is 0 Å². The van der Waals surface area contributed by atoms with Gasteiger partial charge < -0.3 is 5.11 Å². The second-order valence-corrected chi connectivity index (χ2v) is 6.60. The molecule has 0 radical (unpaired) electrons. The van der Waals surface area contributed by atoms with E-state index in [2.05, 4.69) is 20.8 Å². The lowest BCUT2D eigenvalue weighted by Gasteiger charge is -2.31. The number of benzene rings is 1. The first-order valence-corrected chi connectivity index (χ1v) is 6.93. The van der Waals surface area contributed by atoms with Crippen molar-refractivity contribution in [3.8, 4) is 0 Å². The average molecular weight is 256 g/mol. The van der Waals surface area contributed by atoms with Gasteiger partial charge in [0, 0.05) is 16.6 Å². The molecule has 19 heavy (non-hydrogen) atoms. The summed E-state index contributed by atoms with van der Waals surface area (Å²) in [6, 6.07) is 9.40. The van der Waals surface area contributed by atoms with Gasteiger partial charge in [0.15, 0.2) is 5.78 Å². The highest BCUT2D eigenvalue weighted by Crippen LogP contribution is 2.66. The van der Waals surface area contributed by atoms with Crippen molar-refractivity contribution in [3.63, 3.8) is 0 Å². The van der Waals surface area contributed by atoms with Crippen molar-refractivity contribution in [2.45, 2.75) is 33.6 Å². The SMILES string of the molecule is CC1(C)[C@@H]2CC[C@]1(C)C(=O)C2=C(O)c1ccccc1. The summed E-state index contributed by atoms with van der Waals surface area (Å²) in [4.78, 5) is 12.7. The van der Waals surface area contributed by atoms with E-state index in [0.717, 1.165) is 18.4 Å². The van der Waals surface area contributed by atoms with Gasteiger partial charge >= 0.3 is 0 Å². The molecule has 0 unspecified atom stereocenters. The van der Waals surface area contributed by atoms with Gasteiger partial charge in [0.05, 0.1) is 0 Å². The quantitative estimate of drug-likeness (QED) is 0.609. The van der Waals surface area contributed by atoms with Crippen LogP contribution in [-0.2, 0) is 4.79 Å². The lowest BCUT2D eigenvalue weighted by molar-refractivity contribution is -0.125. The Morgan fingerprint density at radius 2 is 1.84 bits per heavy atom. The van der Waals surface area contributed by atoms with Crippen LogP contribution in [-0.4, -0.2) is 10.9 Å². The summed E-state index contributed by atoms with van der Waals surface area (Å²) >= 11 is 0. The zero-order chi connectivity index (χ0) is 13.8. The van der Waals surface area contributed by atoms with E-state index in [4.69, 9.17) is 0 Å². The number of carbonyl (C=O) groups excluding carboxylic acids is 1. The smallest absolute Gasteiger partial charge is 0.169 e. The third kappa shape index (κ3) is 1.40. The van der Waals surface area contributed by atoms with Crippen molar-refractivity contribution >= 4 is 11.5 Å². The number of allylic oxidation sites excluding steroid dienone is 1. The van der Waals surface area contributed by atoms with Gasteiger partial charge in [0.1, 0.15) is 5.76 Å². The van der Waals surface area contributed by atoms with Gasteiger partial charge in [-0.2, -0.15) is 0 Å². The molecule has 1 aromatic carbocycles. The Morgan fingerprint density at radius 3 is 2.37 bits per heavy atom. The maximum atomic E-state index is 12.7. The zero-order valence-corrected chi connectivity index (χ0v) is 11.7. The number of fused-ring (bicyclic) bond motifs is 2. The van der Waals surface area contributed by atoms with E-state index >= 15 is 0 Å². The number of aliphatic hydroxyl groups excluding tert-OH is 1. The van der Waals surface area contributed by atoms with Gasteiger partial charge in [-0.05, 0) is 24.2 Å². The Morgan fingerprint density at radius 1 is 1.21 bits per heavy atom. The Hall–Kier alpha value is -1.57. The van der Waals surface area contributed by atoms with Crippen LogP contribution < -0.4 is 0 Å². The number of hydrogen-bond donors (Lipinski definition) is 1. The molecule has 2 atom stereocenters. The van der Waals surface area contributed by atoms with Crippen LogP contribution in [0.2, 0.25) is 0 Å². The molecule has 2 heteroatoms. The lowest BCUT2D eigenvalue weighted by Crippen LogP contribution is -2.32. The molecule has 2 bridgehead atoms. The van der Waals surface area contributed by atoms with Crippen LogP contribution in [0.3, 0.4) is 0 Å². The summed E-state index contributed by atoms with van der Waals surface area (Å²) in [5.74, 6) is 0.521. The highest BCUT2D eigenvalue weighted by Gasteiger charge is 2.64. The predicted octanol–water partition coefficient (Wildman–Crippen LogP) is 3.98. The topological polar surface area (TPSA) is 37.3 Å². The van der Waals surface area contributed by atoms with Gasteiger partial charge in [-0.1, -0.05) is 51.1 Å². The van der Waals surface area contributed by atoms with Crippen molar-refractivity contribution in [2.24, 2.45) is 16.7 Å². The minimum atomic E-state index is -0.310. The van der Waals surface area contributed by atoms with Crippen molar-refractivity contribution in [1.29, 1.82) is 0 Å². The van der Waals surface area contributed by atoms with Crippen molar-refractivity contribution < 1.29 is 9.90 Å². The van der Waals surface area contributed by atoms with Gasteiger partial charge in [-0.3, -0.25) is 4.79 Å². The van der Waals surface area contributed by atoms with Crippen molar-refractivity contribution in [3.05, 3.63) is 41.5 Å². The molecule has 1 aromatic rings. The fourth-order valence-electron chi connectivity index (χ4n) is 3.89. The number of carbonyl (C=O) groups is 1. The molecule has 2 fully saturated rings. The molecule has 0 spiro atoms. The molecule has 0 aromatic heterocycles. The van der Waals surface area contributed by atoms with E-state index in [1.165, 1.54) is 0 Å². The monoisotopic (exact) mass is 256 g/mol. The number of aliphatic hydroxyl groups is 1. The molecule has 3 rings (SSSR count). The summed E-state index contributed by atoms with van der Waals surface area (Å²) in [7, 11) is 0. The summed E-state index contributed by atoms with van der Waals surface area (Å²) in [6.45, 7) is 6.38. The largest absolute Gasteiger partial charge is 0.507 e. The highest BCUT2D eigenvalue weighted by molar-refractivity contribution is 6.09. The van der Waals surface area contributed by atoms with Crippen LogP contribution in [0.25, 0.3) is 5.76 Å². The first-order valence-electron chi connectivity index (χ1n) is 6.93. The van der Waals surface area contributed by atoms with Crippen LogP contribution in [0, 0.1) is 16.7 Å². The molecule has 100 valence electrons. The molecule has 1 N–H and O–H groups in total. The van der Waals surface area contributed by atoms with E-state index < -0.39 is 0 Å². The second-order valence-electron chi connectivity index (χ2n) is 6.60. The van der Waals surface area contributed by atoms with Crippen LogP contribution in [0.15, 0.2) is 35.9 Å². The first-order chi connectivity index (χ1) is 8.89. The molecule has 2 aliphatic carbocycles. The molecular weight excluding hydrogens is 236 g/mol. The molecule has 0 heterocycles. The van der Waals surface area contributed by atoms with E-state index in [-0.39, 0.29) is 28.3 Å². The van der Waals surface area contributed by atoms with Crippen molar-refractivity contribution in [1.82, 2.24) is 0 Å². The van der Waals surface area contributed by atoms with Crippen LogP contribution in [0.4, 0.5) is 0 Å². The van der Waals surface area contributed by atoms with Gasteiger partial charge in [-0.15, -0.1) is 0 Å². The molecule has 2 nitrogen and oxygen atoms in total. The Bertz CT molecular complexity index is 568. The van der Waals surface area contributed by atoms with E-state index in [9.17, 15) is 9.90 Å². The maximum Gasteiger partial charge on any atom is 0.169 e.